The molecule has 220 valence electrons. The van der Waals surface area contributed by atoms with Gasteiger partial charge in [0.2, 0.25) is 0 Å². The first-order chi connectivity index (χ1) is 20.9. The normalized spacial score (nSPS) is 21.3. The maximum absolute atomic E-state index is 13.7. The lowest BCUT2D eigenvalue weighted by Gasteiger charge is -2.27. The zero-order valence-corrected chi connectivity index (χ0v) is 24.9. The number of nitrogens with zero attached hydrogens (tertiary/aromatic N) is 5. The molecule has 2 aliphatic carbocycles. The molecule has 9 heteroatoms. The molecule has 1 saturated heterocycles. The molecule has 2 bridgehead atoms. The first-order valence-corrected chi connectivity index (χ1v) is 15.4. The number of carbonyl (C=O) groups is 1. The third-order valence-corrected chi connectivity index (χ3v) is 9.97. The zero-order valence-electron chi connectivity index (χ0n) is 24.9. The summed E-state index contributed by atoms with van der Waals surface area (Å²) in [5, 5.41) is 4.48. The fourth-order valence-corrected chi connectivity index (χ4v) is 7.37. The predicted molar refractivity (Wildman–Crippen MR) is 170 cm³/mol. The molecule has 4 heterocycles. The van der Waals surface area contributed by atoms with Gasteiger partial charge in [-0.2, -0.15) is 0 Å². The number of aryl methyl sites for hydroxylation is 1. The first kappa shape index (κ1) is 26.1. The Balaban J connectivity index is 1.20. The molecule has 3 fully saturated rings. The highest BCUT2D eigenvalue weighted by atomic mass is 16.5. The number of benzene rings is 2. The number of nitrogens with one attached hydrogen (secondary N) is 1. The third kappa shape index (κ3) is 4.32. The number of hydrogen-bond donors (Lipinski definition) is 2. The van der Waals surface area contributed by atoms with Gasteiger partial charge >= 0.3 is 0 Å². The van der Waals surface area contributed by atoms with Gasteiger partial charge in [-0.1, -0.05) is 6.92 Å². The molecule has 3 aliphatic rings. The van der Waals surface area contributed by atoms with Crippen LogP contribution in [0.2, 0.25) is 0 Å². The first-order valence-electron chi connectivity index (χ1n) is 15.4. The Bertz CT molecular complexity index is 1880. The SMILES string of the molecule is COc1cc(C(=O)N2CC3CCC2C3C)cc2nc(-c3cc4ccc(Nc5ccc(N)cc5)nc4n3CC3CC3)n(C)c12. The van der Waals surface area contributed by atoms with Gasteiger partial charge in [0, 0.05) is 48.5 Å². The van der Waals surface area contributed by atoms with Gasteiger partial charge in [-0.05, 0) is 98.0 Å². The fourth-order valence-electron chi connectivity index (χ4n) is 7.37. The van der Waals surface area contributed by atoms with Crippen LogP contribution in [0.3, 0.4) is 0 Å². The van der Waals surface area contributed by atoms with E-state index in [0.717, 1.165) is 70.3 Å². The largest absolute Gasteiger partial charge is 0.494 e. The number of aromatic nitrogens is 4. The number of ether oxygens (including phenoxy) is 1. The van der Waals surface area contributed by atoms with Gasteiger partial charge < -0.3 is 29.8 Å². The molecule has 0 spiro atoms. The van der Waals surface area contributed by atoms with E-state index < -0.39 is 0 Å². The molecule has 1 amide bonds. The summed E-state index contributed by atoms with van der Waals surface area (Å²) >= 11 is 0. The van der Waals surface area contributed by atoms with E-state index in [1.54, 1.807) is 7.11 Å². The Morgan fingerprint density at radius 3 is 2.56 bits per heavy atom. The Morgan fingerprint density at radius 2 is 1.86 bits per heavy atom. The minimum atomic E-state index is 0.0830. The van der Waals surface area contributed by atoms with Gasteiger partial charge in [-0.25, -0.2) is 9.97 Å². The molecule has 3 atom stereocenters. The number of imidazole rings is 1. The molecule has 1 aliphatic heterocycles. The summed E-state index contributed by atoms with van der Waals surface area (Å²) in [6.07, 6.45) is 4.77. The van der Waals surface area contributed by atoms with E-state index in [2.05, 4.69) is 38.4 Å². The van der Waals surface area contributed by atoms with Crippen LogP contribution in [-0.4, -0.2) is 49.6 Å². The summed E-state index contributed by atoms with van der Waals surface area (Å²) in [4.78, 5) is 26.0. The van der Waals surface area contributed by atoms with Crippen molar-refractivity contribution in [2.24, 2.45) is 24.8 Å². The van der Waals surface area contributed by atoms with E-state index in [1.807, 2.05) is 49.5 Å². The van der Waals surface area contributed by atoms with Crippen LogP contribution in [0, 0.1) is 17.8 Å². The summed E-state index contributed by atoms with van der Waals surface area (Å²) in [6, 6.07) is 18.1. The molecule has 2 aromatic carbocycles. The quantitative estimate of drug-likeness (QED) is 0.224. The number of anilines is 3. The number of amides is 1. The van der Waals surface area contributed by atoms with E-state index in [4.69, 9.17) is 20.4 Å². The van der Waals surface area contributed by atoms with Crippen LogP contribution < -0.4 is 15.8 Å². The van der Waals surface area contributed by atoms with Crippen molar-refractivity contribution < 1.29 is 9.53 Å². The second-order valence-corrected chi connectivity index (χ2v) is 12.7. The van der Waals surface area contributed by atoms with E-state index in [1.165, 1.54) is 19.3 Å². The average Bonchev–Trinajstić information content (AvgIpc) is 3.42. The van der Waals surface area contributed by atoms with Crippen LogP contribution in [-0.2, 0) is 13.6 Å². The number of rotatable bonds is 7. The lowest BCUT2D eigenvalue weighted by Crippen LogP contribution is -2.38. The smallest absolute Gasteiger partial charge is 0.254 e. The van der Waals surface area contributed by atoms with E-state index >= 15 is 0 Å². The highest BCUT2D eigenvalue weighted by Gasteiger charge is 2.46. The lowest BCUT2D eigenvalue weighted by molar-refractivity contribution is 0.0696. The molecule has 3 aromatic heterocycles. The Kier molecular flexibility index (Phi) is 5.93. The number of fused-ring (bicyclic) bond motifs is 4. The third-order valence-electron chi connectivity index (χ3n) is 9.97. The molecule has 0 radical (unpaired) electrons. The van der Waals surface area contributed by atoms with Crippen LogP contribution in [0.4, 0.5) is 17.2 Å². The van der Waals surface area contributed by atoms with E-state index in [-0.39, 0.29) is 5.91 Å². The van der Waals surface area contributed by atoms with E-state index in [0.29, 0.717) is 35.1 Å². The van der Waals surface area contributed by atoms with Crippen LogP contribution in [0.25, 0.3) is 33.6 Å². The van der Waals surface area contributed by atoms with Gasteiger partial charge in [-0.15, -0.1) is 0 Å². The average molecular weight is 576 g/mol. The van der Waals surface area contributed by atoms with Crippen molar-refractivity contribution in [1.82, 2.24) is 24.0 Å². The number of methoxy groups -OCH3 is 1. The van der Waals surface area contributed by atoms with Crippen molar-refractivity contribution in [3.63, 3.8) is 0 Å². The maximum Gasteiger partial charge on any atom is 0.254 e. The molecule has 9 nitrogen and oxygen atoms in total. The van der Waals surface area contributed by atoms with Crippen LogP contribution in [0.1, 0.15) is 43.0 Å². The molecule has 3 N–H and O–H groups in total. The zero-order chi connectivity index (χ0) is 29.4. The number of pyridine rings is 1. The number of carbonyl (C=O) groups excluding carboxylic acids is 1. The Labute approximate surface area is 250 Å². The highest BCUT2D eigenvalue weighted by Crippen LogP contribution is 2.44. The van der Waals surface area contributed by atoms with Crippen molar-refractivity contribution in [3.05, 3.63) is 60.2 Å². The summed E-state index contributed by atoms with van der Waals surface area (Å²) in [6.45, 7) is 4.02. The predicted octanol–water partition coefficient (Wildman–Crippen LogP) is 6.20. The minimum Gasteiger partial charge on any atom is -0.494 e. The number of likely N-dealkylation sites (tertiary alicyclic amines) is 1. The second kappa shape index (κ2) is 9.76. The molecule has 5 aromatic rings. The monoisotopic (exact) mass is 575 g/mol. The van der Waals surface area contributed by atoms with Crippen molar-refractivity contribution in [2.45, 2.75) is 45.2 Å². The summed E-state index contributed by atoms with van der Waals surface area (Å²) < 4.78 is 10.3. The van der Waals surface area contributed by atoms with Crippen molar-refractivity contribution in [3.8, 4) is 17.3 Å². The van der Waals surface area contributed by atoms with Gasteiger partial charge in [0.25, 0.3) is 5.91 Å². The molecule has 2 saturated carbocycles. The highest BCUT2D eigenvalue weighted by molar-refractivity contribution is 6.00. The topological polar surface area (TPSA) is 103 Å². The fraction of sp³-hybridized carbons (Fsp3) is 0.382. The van der Waals surface area contributed by atoms with E-state index in [9.17, 15) is 4.79 Å². The number of nitrogens with two attached hydrogens (primary N) is 1. The number of hydrogen-bond acceptors (Lipinski definition) is 6. The summed E-state index contributed by atoms with van der Waals surface area (Å²) in [7, 11) is 3.69. The van der Waals surface area contributed by atoms with Crippen molar-refractivity contribution >= 4 is 45.2 Å². The van der Waals surface area contributed by atoms with Gasteiger partial charge in [-0.3, -0.25) is 4.79 Å². The van der Waals surface area contributed by atoms with Crippen molar-refractivity contribution in [1.29, 1.82) is 0 Å². The van der Waals surface area contributed by atoms with Gasteiger partial charge in [0.05, 0.1) is 18.3 Å². The second-order valence-electron chi connectivity index (χ2n) is 12.7. The molecular weight excluding hydrogens is 538 g/mol. The number of nitrogen functional groups attached to an aromatic ring is 1. The van der Waals surface area contributed by atoms with Gasteiger partial charge in [0.15, 0.2) is 5.82 Å². The maximum atomic E-state index is 13.7. The van der Waals surface area contributed by atoms with Crippen LogP contribution >= 0.6 is 0 Å². The van der Waals surface area contributed by atoms with Gasteiger partial charge in [0.1, 0.15) is 22.7 Å². The molecule has 43 heavy (non-hydrogen) atoms. The van der Waals surface area contributed by atoms with Crippen LogP contribution in [0.5, 0.6) is 5.75 Å². The lowest BCUT2D eigenvalue weighted by atomic mass is 10.0. The number of piperidine rings is 1. The Morgan fingerprint density at radius 1 is 1.05 bits per heavy atom. The molecular formula is C34H37N7O2. The molecule has 8 rings (SSSR count). The summed E-state index contributed by atoms with van der Waals surface area (Å²) in [5.41, 5.74) is 11.8. The Hall–Kier alpha value is -4.53. The standard InChI is InChI=1S/C34H37N7O2/c1-19-22-6-12-27(19)41(18-22)34(42)23-14-26-31(29(16-23)43-3)39(2)33(37-26)28-15-21-7-13-30(36-25-10-8-24(35)9-11-25)38-32(21)40(28)17-20-4-5-20/h7-11,13-16,19-20,22,27H,4-6,12,17-18,35H2,1-3H3,(H,36,38). The minimum absolute atomic E-state index is 0.0830. The molecule has 3 unspecified atom stereocenters. The van der Waals surface area contributed by atoms with Crippen molar-refractivity contribution in [2.75, 3.05) is 24.7 Å². The van der Waals surface area contributed by atoms with Crippen LogP contribution in [0.15, 0.2) is 54.6 Å². The summed E-state index contributed by atoms with van der Waals surface area (Å²) in [5.74, 6) is 4.18.